The lowest BCUT2D eigenvalue weighted by Gasteiger charge is -2.00. The summed E-state index contributed by atoms with van der Waals surface area (Å²) in [6, 6.07) is 0. The summed E-state index contributed by atoms with van der Waals surface area (Å²) in [5.74, 6) is -0.920. The summed E-state index contributed by atoms with van der Waals surface area (Å²) in [4.78, 5) is 9.92. The van der Waals surface area contributed by atoms with Crippen LogP contribution in [0.2, 0.25) is 0 Å². The summed E-state index contributed by atoms with van der Waals surface area (Å²) in [6.45, 7) is 2.14. The van der Waals surface area contributed by atoms with Crippen molar-refractivity contribution in [3.63, 3.8) is 0 Å². The number of carboxylic acids is 1. The van der Waals surface area contributed by atoms with Gasteiger partial charge in [-0.15, -0.1) is 0 Å². The molecule has 92 valence electrons. The molecule has 0 fully saturated rings. The summed E-state index contributed by atoms with van der Waals surface area (Å²) in [5, 5.41) is 4.92. The molecule has 7 heteroatoms. The maximum Gasteiger partial charge on any atom is 0.440 e. The van der Waals surface area contributed by atoms with Gasteiger partial charge in [0, 0.05) is 5.97 Å². The zero-order valence-corrected chi connectivity index (χ0v) is 8.52. The number of nitrogens with zero attached hydrogens (tertiary/aromatic N) is 1. The molecule has 0 saturated heterocycles. The molecule has 0 aromatic rings. The monoisotopic (exact) mass is 233 g/mol. The predicted octanol–water partition coefficient (Wildman–Crippen LogP) is 2.44. The molecule has 0 amide bonds. The smallest absolute Gasteiger partial charge is 0.440 e. The van der Waals surface area contributed by atoms with Crippen LogP contribution in [0, 0.1) is 0 Å². The molecule has 0 radical (unpaired) electrons. The van der Waals surface area contributed by atoms with Gasteiger partial charge in [0.05, 0.1) is 0 Å². The highest BCUT2D eigenvalue weighted by Gasteiger charge is 2.30. The number of unbranched alkanes of at least 4 members (excludes halogenated alkanes) is 4. The Morgan fingerprint density at radius 1 is 1.07 bits per heavy atom. The SMILES string of the molecule is CCCCCCCC(=O)[O-].F[N+](F)(F)F. The van der Waals surface area contributed by atoms with Gasteiger partial charge in [-0.05, 0) is 12.8 Å². The largest absolute Gasteiger partial charge is 0.550 e. The molecule has 0 N–H and O–H groups in total. The Kier molecular flexibility index (Phi) is 10.7. The van der Waals surface area contributed by atoms with Crippen molar-refractivity contribution in [1.29, 1.82) is 0 Å². The van der Waals surface area contributed by atoms with Gasteiger partial charge < -0.3 is 9.90 Å². The number of aliphatic carboxylic acids is 1. The second-order valence-electron chi connectivity index (χ2n) is 2.92. The van der Waals surface area contributed by atoms with Crippen LogP contribution in [0.4, 0.5) is 17.9 Å². The topological polar surface area (TPSA) is 40.1 Å². The zero-order valence-electron chi connectivity index (χ0n) is 8.52. The minimum Gasteiger partial charge on any atom is -0.550 e. The summed E-state index contributed by atoms with van der Waals surface area (Å²) < 4.78 is 38.5. The first-order valence-corrected chi connectivity index (χ1v) is 4.65. The molecule has 0 rings (SSSR count). The second kappa shape index (κ2) is 9.70. The predicted molar refractivity (Wildman–Crippen MR) is 43.1 cm³/mol. The van der Waals surface area contributed by atoms with Crippen molar-refractivity contribution >= 4 is 5.97 Å². The van der Waals surface area contributed by atoms with Gasteiger partial charge in [-0.2, -0.15) is 0 Å². The van der Waals surface area contributed by atoms with E-state index in [0.29, 0.717) is 0 Å². The standard InChI is InChI=1S/C8H16O2.F4N/c1-2-3-4-5-6-7-8(9)10;1-5(2,3)4/h2-7H2,1H3,(H,9,10);/q;+1/p-1. The Balaban J connectivity index is 0. The number of carbonyl (C=O) groups is 1. The molecule has 0 aliphatic rings. The molecule has 0 aromatic carbocycles. The molecule has 0 heterocycles. The minimum absolute atomic E-state index is 0.226. The lowest BCUT2D eigenvalue weighted by atomic mass is 10.1. The van der Waals surface area contributed by atoms with Crippen molar-refractivity contribution in [2.75, 3.05) is 0 Å². The van der Waals surface area contributed by atoms with Crippen molar-refractivity contribution in [2.45, 2.75) is 45.4 Å². The molecule has 0 unspecified atom stereocenters. The average Bonchev–Trinajstić information content (AvgIpc) is 2.00. The van der Waals surface area contributed by atoms with Crippen molar-refractivity contribution in [3.05, 3.63) is 0 Å². The number of halogens is 4. The Morgan fingerprint density at radius 3 is 1.80 bits per heavy atom. The molecular weight excluding hydrogens is 218 g/mol. The number of quaternary nitrogens is 1. The summed E-state index contributed by atoms with van der Waals surface area (Å²) >= 11 is 0. The molecule has 0 aliphatic carbocycles. The van der Waals surface area contributed by atoms with E-state index in [4.69, 9.17) is 0 Å². The molecule has 0 atom stereocenters. The van der Waals surface area contributed by atoms with Gasteiger partial charge in [0.1, 0.15) is 17.9 Å². The lowest BCUT2D eigenvalue weighted by Crippen LogP contribution is -2.21. The van der Waals surface area contributed by atoms with Gasteiger partial charge in [-0.3, -0.25) is 0 Å². The quantitative estimate of drug-likeness (QED) is 0.401. The number of rotatable bonds is 6. The first-order chi connectivity index (χ1) is 6.77. The Labute approximate surface area is 85.6 Å². The third-order valence-electron chi connectivity index (χ3n) is 1.48. The molecule has 0 aromatic heterocycles. The molecular formula is C8H15F4NO2. The first-order valence-electron chi connectivity index (χ1n) is 4.65. The van der Waals surface area contributed by atoms with Crippen LogP contribution in [0.1, 0.15) is 45.4 Å². The number of carbonyl (C=O) groups excluding carboxylic acids is 1. The minimum atomic E-state index is -5.00. The van der Waals surface area contributed by atoms with Crippen LogP contribution < -0.4 is 5.11 Å². The molecule has 0 spiro atoms. The van der Waals surface area contributed by atoms with Crippen molar-refractivity contribution in [2.24, 2.45) is 0 Å². The third-order valence-corrected chi connectivity index (χ3v) is 1.48. The molecule has 15 heavy (non-hydrogen) atoms. The van der Waals surface area contributed by atoms with E-state index in [1.165, 1.54) is 12.8 Å². The van der Waals surface area contributed by atoms with E-state index in [9.17, 15) is 27.8 Å². The van der Waals surface area contributed by atoms with Crippen LogP contribution in [0.3, 0.4) is 0 Å². The van der Waals surface area contributed by atoms with Gasteiger partial charge >= 0.3 is 5.37 Å². The van der Waals surface area contributed by atoms with E-state index >= 15 is 0 Å². The van der Waals surface area contributed by atoms with Crippen LogP contribution in [0.25, 0.3) is 0 Å². The van der Waals surface area contributed by atoms with Gasteiger partial charge in [-0.1, -0.05) is 32.6 Å². The summed E-state index contributed by atoms with van der Waals surface area (Å²) in [5.41, 5.74) is 0. The van der Waals surface area contributed by atoms with E-state index in [-0.39, 0.29) is 6.42 Å². The maximum absolute atomic E-state index is 9.92. The van der Waals surface area contributed by atoms with Gasteiger partial charge in [0.25, 0.3) is 0 Å². The van der Waals surface area contributed by atoms with Crippen LogP contribution >= 0.6 is 0 Å². The van der Waals surface area contributed by atoms with Crippen LogP contribution in [0.5, 0.6) is 0 Å². The molecule has 0 bridgehead atoms. The second-order valence-corrected chi connectivity index (χ2v) is 2.92. The van der Waals surface area contributed by atoms with E-state index < -0.39 is 11.3 Å². The fourth-order valence-electron chi connectivity index (χ4n) is 0.873. The number of carboxylic acid groups (broad SMARTS) is 1. The van der Waals surface area contributed by atoms with Crippen molar-refractivity contribution < 1.29 is 33.2 Å². The summed E-state index contributed by atoms with van der Waals surface area (Å²) in [7, 11) is 0. The van der Waals surface area contributed by atoms with E-state index in [0.717, 1.165) is 19.3 Å². The van der Waals surface area contributed by atoms with E-state index in [2.05, 4.69) is 6.92 Å². The van der Waals surface area contributed by atoms with E-state index in [1.807, 2.05) is 0 Å². The Morgan fingerprint density at radius 2 is 1.47 bits per heavy atom. The fraction of sp³-hybridized carbons (Fsp3) is 0.875. The Bertz CT molecular complexity index is 155. The fourth-order valence-corrected chi connectivity index (χ4v) is 0.873. The van der Waals surface area contributed by atoms with Gasteiger partial charge in [-0.25, -0.2) is 0 Å². The molecule has 3 nitrogen and oxygen atoms in total. The van der Waals surface area contributed by atoms with Gasteiger partial charge in [0.2, 0.25) is 0 Å². The van der Waals surface area contributed by atoms with E-state index in [1.54, 1.807) is 0 Å². The highest BCUT2D eigenvalue weighted by molar-refractivity contribution is 5.63. The number of hydrogen-bond donors (Lipinski definition) is 0. The molecule has 0 aliphatic heterocycles. The average molecular weight is 233 g/mol. The third kappa shape index (κ3) is 43.2. The van der Waals surface area contributed by atoms with Crippen LogP contribution in [-0.4, -0.2) is 11.3 Å². The highest BCUT2D eigenvalue weighted by atomic mass is 19.7. The van der Waals surface area contributed by atoms with Crippen LogP contribution in [0.15, 0.2) is 0 Å². The molecule has 0 saturated carbocycles. The Hall–Kier alpha value is -0.850. The summed E-state index contributed by atoms with van der Waals surface area (Å²) in [6.07, 6.45) is 5.61. The van der Waals surface area contributed by atoms with Crippen molar-refractivity contribution in [3.8, 4) is 0 Å². The van der Waals surface area contributed by atoms with Crippen molar-refractivity contribution in [1.82, 2.24) is 0 Å². The first kappa shape index (κ1) is 16.6. The normalized spacial score (nSPS) is 10.5. The number of hydrogen-bond acceptors (Lipinski definition) is 2. The van der Waals surface area contributed by atoms with Gasteiger partial charge in [0.15, 0.2) is 0 Å². The zero-order chi connectivity index (χ0) is 12.3. The maximum atomic E-state index is 9.92. The lowest BCUT2D eigenvalue weighted by molar-refractivity contribution is -1.36. The highest BCUT2D eigenvalue weighted by Crippen LogP contribution is 2.08. The van der Waals surface area contributed by atoms with Crippen LogP contribution in [-0.2, 0) is 4.79 Å².